The molecule has 2 atom stereocenters. The van der Waals surface area contributed by atoms with Crippen LogP contribution in [0.5, 0.6) is 0 Å². The largest absolute Gasteiger partial charge is 0.546 e. The van der Waals surface area contributed by atoms with Gasteiger partial charge in [0.1, 0.15) is 0 Å². The van der Waals surface area contributed by atoms with E-state index >= 15 is 0 Å². The Labute approximate surface area is 153 Å². The van der Waals surface area contributed by atoms with Crippen molar-refractivity contribution in [2.75, 3.05) is 14.2 Å². The first-order valence-electron chi connectivity index (χ1n) is 8.90. The van der Waals surface area contributed by atoms with Crippen LogP contribution in [0.4, 0.5) is 0 Å². The van der Waals surface area contributed by atoms with Crippen LogP contribution in [0.1, 0.15) is 38.7 Å². The first-order chi connectivity index (χ1) is 11.7. The molecule has 0 fully saturated rings. The second-order valence-electron chi connectivity index (χ2n) is 8.15. The molecule has 1 aromatic carbocycles. The van der Waals surface area contributed by atoms with E-state index in [2.05, 4.69) is 70.3 Å². The van der Waals surface area contributed by atoms with Crippen molar-refractivity contribution in [3.63, 3.8) is 0 Å². The molecule has 0 N–H and O–H groups in total. The summed E-state index contributed by atoms with van der Waals surface area (Å²) >= 11 is 0. The van der Waals surface area contributed by atoms with Crippen LogP contribution in [-0.2, 0) is 13.9 Å². The summed E-state index contributed by atoms with van der Waals surface area (Å²) in [5.41, 5.74) is 1.22. The van der Waals surface area contributed by atoms with Gasteiger partial charge in [0.25, 0.3) is 0 Å². The third-order valence-electron chi connectivity index (χ3n) is 5.33. The van der Waals surface area contributed by atoms with Crippen LogP contribution in [0, 0.1) is 0 Å². The zero-order valence-electron chi connectivity index (χ0n) is 16.6. The van der Waals surface area contributed by atoms with Gasteiger partial charge in [0, 0.05) is 13.0 Å². The monoisotopic (exact) mass is 360 g/mol. The molecule has 2 rings (SSSR count). The van der Waals surface area contributed by atoms with E-state index in [0.717, 1.165) is 11.5 Å². The molecule has 0 spiro atoms. The minimum absolute atomic E-state index is 0.0742. The number of ether oxygens (including phenoxy) is 2. The number of benzene rings is 1. The summed E-state index contributed by atoms with van der Waals surface area (Å²) in [6, 6.07) is 10.4. The summed E-state index contributed by atoms with van der Waals surface area (Å²) in [6.45, 7) is 11.3. The van der Waals surface area contributed by atoms with Gasteiger partial charge < -0.3 is 13.9 Å². The topological polar surface area (TPSA) is 27.7 Å². The van der Waals surface area contributed by atoms with E-state index in [1.165, 1.54) is 5.56 Å². The van der Waals surface area contributed by atoms with Crippen molar-refractivity contribution < 1.29 is 13.9 Å². The molecule has 4 heteroatoms. The molecule has 0 radical (unpaired) electrons. The molecule has 1 aliphatic carbocycles. The van der Waals surface area contributed by atoms with Crippen LogP contribution in [-0.4, -0.2) is 28.6 Å². The molecule has 0 aromatic heterocycles. The Balaban J connectivity index is 2.38. The molecule has 0 amide bonds. The minimum atomic E-state index is -1.91. The fraction of sp³-hybridized carbons (Fsp3) is 0.524. The average molecular weight is 361 g/mol. The SMILES string of the molecule is COC1=C[C@H](c2ccccc2)[C@H](OC)C=C(O[Si](C)(C)C(C)(C)C)C1. The van der Waals surface area contributed by atoms with Gasteiger partial charge >= 0.3 is 0 Å². The third kappa shape index (κ3) is 4.76. The molecule has 0 saturated heterocycles. The van der Waals surface area contributed by atoms with Gasteiger partial charge in [-0.3, -0.25) is 0 Å². The highest BCUT2D eigenvalue weighted by Gasteiger charge is 2.40. The van der Waals surface area contributed by atoms with Crippen LogP contribution >= 0.6 is 0 Å². The van der Waals surface area contributed by atoms with Gasteiger partial charge in [-0.25, -0.2) is 0 Å². The van der Waals surface area contributed by atoms with E-state index in [9.17, 15) is 0 Å². The summed E-state index contributed by atoms with van der Waals surface area (Å²) < 4.78 is 18.0. The smallest absolute Gasteiger partial charge is 0.250 e. The lowest BCUT2D eigenvalue weighted by atomic mass is 9.93. The molecule has 138 valence electrons. The van der Waals surface area contributed by atoms with Gasteiger partial charge in [-0.2, -0.15) is 0 Å². The van der Waals surface area contributed by atoms with Gasteiger partial charge in [0.05, 0.1) is 31.2 Å². The second-order valence-corrected chi connectivity index (χ2v) is 12.9. The summed E-state index contributed by atoms with van der Waals surface area (Å²) in [5.74, 6) is 2.00. The zero-order valence-corrected chi connectivity index (χ0v) is 17.6. The lowest BCUT2D eigenvalue weighted by Crippen LogP contribution is -2.40. The van der Waals surface area contributed by atoms with Crippen molar-refractivity contribution in [3.8, 4) is 0 Å². The van der Waals surface area contributed by atoms with Crippen molar-refractivity contribution in [1.29, 1.82) is 0 Å². The lowest BCUT2D eigenvalue weighted by molar-refractivity contribution is 0.126. The molecule has 0 aliphatic heterocycles. The summed E-state index contributed by atoms with van der Waals surface area (Å²) in [6.07, 6.45) is 4.91. The zero-order chi connectivity index (χ0) is 18.7. The van der Waals surface area contributed by atoms with Crippen LogP contribution in [0.15, 0.2) is 54.0 Å². The maximum atomic E-state index is 6.57. The Hall–Kier alpha value is -1.52. The Morgan fingerprint density at radius 3 is 2.12 bits per heavy atom. The molecular formula is C21H32O3Si. The Morgan fingerprint density at radius 1 is 0.960 bits per heavy atom. The number of rotatable bonds is 5. The van der Waals surface area contributed by atoms with E-state index in [1.54, 1.807) is 14.2 Å². The highest BCUT2D eigenvalue weighted by molar-refractivity contribution is 6.74. The first kappa shape index (κ1) is 19.8. The standard InChI is InChI=1S/C21H32O3Si/c1-21(2,3)25(6,7)24-18-13-17(22-4)14-19(20(15-18)23-5)16-11-9-8-10-12-16/h8-12,14-15,19-20H,13H2,1-7H3/t19-,20-/m1/s1. The highest BCUT2D eigenvalue weighted by atomic mass is 28.4. The quantitative estimate of drug-likeness (QED) is 0.637. The molecule has 0 heterocycles. The van der Waals surface area contributed by atoms with Crippen molar-refractivity contribution in [3.05, 3.63) is 59.6 Å². The van der Waals surface area contributed by atoms with E-state index in [0.29, 0.717) is 6.42 Å². The maximum absolute atomic E-state index is 6.57. The molecule has 25 heavy (non-hydrogen) atoms. The van der Waals surface area contributed by atoms with E-state index in [4.69, 9.17) is 13.9 Å². The molecule has 0 unspecified atom stereocenters. The molecule has 1 aromatic rings. The predicted octanol–water partition coefficient (Wildman–Crippen LogP) is 5.62. The van der Waals surface area contributed by atoms with Crippen molar-refractivity contribution >= 4 is 8.32 Å². The fourth-order valence-corrected chi connectivity index (χ4v) is 3.84. The predicted molar refractivity (Wildman–Crippen MR) is 106 cm³/mol. The third-order valence-corrected chi connectivity index (χ3v) is 9.71. The van der Waals surface area contributed by atoms with E-state index in [-0.39, 0.29) is 17.1 Å². The molecule has 0 bridgehead atoms. The van der Waals surface area contributed by atoms with Crippen molar-refractivity contribution in [2.45, 2.75) is 57.3 Å². The Morgan fingerprint density at radius 2 is 1.60 bits per heavy atom. The van der Waals surface area contributed by atoms with E-state index < -0.39 is 8.32 Å². The summed E-state index contributed by atoms with van der Waals surface area (Å²) in [7, 11) is 1.58. The normalized spacial score (nSPS) is 21.9. The number of hydrogen-bond donors (Lipinski definition) is 0. The van der Waals surface area contributed by atoms with Gasteiger partial charge in [-0.1, -0.05) is 51.1 Å². The lowest BCUT2D eigenvalue weighted by Gasteiger charge is -2.37. The van der Waals surface area contributed by atoms with Crippen LogP contribution in [0.25, 0.3) is 0 Å². The second kappa shape index (κ2) is 7.79. The Bertz CT molecular complexity index is 626. The van der Waals surface area contributed by atoms with Crippen molar-refractivity contribution in [2.24, 2.45) is 0 Å². The van der Waals surface area contributed by atoms with E-state index in [1.807, 2.05) is 6.07 Å². The van der Waals surface area contributed by atoms with Crippen molar-refractivity contribution in [1.82, 2.24) is 0 Å². The van der Waals surface area contributed by atoms with Gasteiger partial charge in [-0.05, 0) is 35.8 Å². The van der Waals surface area contributed by atoms with Crippen LogP contribution in [0.2, 0.25) is 18.1 Å². The summed E-state index contributed by atoms with van der Waals surface area (Å²) in [5, 5.41) is 0.151. The van der Waals surface area contributed by atoms with Gasteiger partial charge in [-0.15, -0.1) is 0 Å². The minimum Gasteiger partial charge on any atom is -0.546 e. The maximum Gasteiger partial charge on any atom is 0.250 e. The Kier molecular flexibility index (Phi) is 6.17. The number of methoxy groups -OCH3 is 2. The number of hydrogen-bond acceptors (Lipinski definition) is 3. The molecular weight excluding hydrogens is 328 g/mol. The van der Waals surface area contributed by atoms with Gasteiger partial charge in [0.2, 0.25) is 8.32 Å². The fourth-order valence-electron chi connectivity index (χ4n) is 2.74. The first-order valence-corrected chi connectivity index (χ1v) is 11.8. The molecule has 1 aliphatic rings. The van der Waals surface area contributed by atoms with Gasteiger partial charge in [0.15, 0.2) is 0 Å². The average Bonchev–Trinajstić information content (AvgIpc) is 2.73. The summed E-state index contributed by atoms with van der Waals surface area (Å²) in [4.78, 5) is 0. The molecule has 0 saturated carbocycles. The molecule has 3 nitrogen and oxygen atoms in total. The highest BCUT2D eigenvalue weighted by Crippen LogP contribution is 2.40. The van der Waals surface area contributed by atoms with Crippen LogP contribution < -0.4 is 0 Å². The van der Waals surface area contributed by atoms with Crippen LogP contribution in [0.3, 0.4) is 0 Å².